The Bertz CT molecular complexity index is 893. The molecule has 1 amide bonds. The maximum absolute atomic E-state index is 12.9. The molecular weight excluding hydrogens is 352 g/mol. The van der Waals surface area contributed by atoms with Gasteiger partial charge in [0.15, 0.2) is 5.82 Å². The Hall–Kier alpha value is -2.58. The van der Waals surface area contributed by atoms with Crippen molar-refractivity contribution < 1.29 is 14.1 Å². The van der Waals surface area contributed by atoms with Crippen LogP contribution in [-0.4, -0.2) is 45.7 Å². The van der Waals surface area contributed by atoms with Crippen molar-refractivity contribution in [2.24, 2.45) is 0 Å². The van der Waals surface area contributed by atoms with E-state index < -0.39 is 0 Å². The molecule has 0 N–H and O–H groups in total. The molecule has 1 fully saturated rings. The minimum Gasteiger partial charge on any atom is -0.377 e. The van der Waals surface area contributed by atoms with Crippen molar-refractivity contribution in [1.82, 2.24) is 20.0 Å². The van der Waals surface area contributed by atoms with Crippen molar-refractivity contribution in [3.8, 4) is 11.5 Å². The number of carbonyl (C=O) groups excluding carboxylic acids is 1. The smallest absolute Gasteiger partial charge is 0.266 e. The maximum Gasteiger partial charge on any atom is 0.266 e. The van der Waals surface area contributed by atoms with Crippen LogP contribution < -0.4 is 0 Å². The SMILES string of the molecule is CCc1ncc(C(=O)N2CCOC[C@H]2c2noc(-c3ccccc3)n2)s1. The second-order valence-electron chi connectivity index (χ2n) is 5.88. The summed E-state index contributed by atoms with van der Waals surface area (Å²) in [6.07, 6.45) is 2.46. The number of nitrogens with zero attached hydrogens (tertiary/aromatic N) is 4. The van der Waals surface area contributed by atoms with Crippen LogP contribution in [0.1, 0.15) is 33.5 Å². The van der Waals surface area contributed by atoms with Gasteiger partial charge >= 0.3 is 0 Å². The number of hydrogen-bond acceptors (Lipinski definition) is 7. The van der Waals surface area contributed by atoms with E-state index in [0.29, 0.717) is 36.4 Å². The van der Waals surface area contributed by atoms with Gasteiger partial charge in [-0.15, -0.1) is 11.3 Å². The highest BCUT2D eigenvalue weighted by Gasteiger charge is 2.33. The molecule has 7 nitrogen and oxygen atoms in total. The third kappa shape index (κ3) is 3.25. The van der Waals surface area contributed by atoms with Crippen molar-refractivity contribution in [2.45, 2.75) is 19.4 Å². The highest BCUT2D eigenvalue weighted by Crippen LogP contribution is 2.27. The van der Waals surface area contributed by atoms with Crippen LogP contribution in [0.25, 0.3) is 11.5 Å². The first kappa shape index (κ1) is 16.9. The van der Waals surface area contributed by atoms with E-state index in [1.807, 2.05) is 37.3 Å². The number of amides is 1. The van der Waals surface area contributed by atoms with Gasteiger partial charge in [0.2, 0.25) is 0 Å². The fourth-order valence-electron chi connectivity index (χ4n) is 2.84. The van der Waals surface area contributed by atoms with Gasteiger partial charge in [0, 0.05) is 12.1 Å². The number of carbonyl (C=O) groups is 1. The van der Waals surface area contributed by atoms with Gasteiger partial charge in [0.1, 0.15) is 10.9 Å². The lowest BCUT2D eigenvalue weighted by molar-refractivity contribution is -0.00552. The van der Waals surface area contributed by atoms with Crippen LogP contribution in [0.2, 0.25) is 0 Å². The van der Waals surface area contributed by atoms with E-state index in [1.165, 1.54) is 11.3 Å². The van der Waals surface area contributed by atoms with Crippen molar-refractivity contribution in [3.63, 3.8) is 0 Å². The Morgan fingerprint density at radius 2 is 2.19 bits per heavy atom. The van der Waals surface area contributed by atoms with Crippen molar-refractivity contribution in [3.05, 3.63) is 52.2 Å². The van der Waals surface area contributed by atoms with Gasteiger partial charge in [-0.2, -0.15) is 4.98 Å². The molecule has 0 unspecified atom stereocenters. The third-order valence-corrected chi connectivity index (χ3v) is 5.35. The first-order valence-electron chi connectivity index (χ1n) is 8.48. The van der Waals surface area contributed by atoms with E-state index >= 15 is 0 Å². The summed E-state index contributed by atoms with van der Waals surface area (Å²) in [5.41, 5.74) is 0.843. The zero-order valence-corrected chi connectivity index (χ0v) is 15.1. The van der Waals surface area contributed by atoms with Crippen LogP contribution in [0.15, 0.2) is 41.1 Å². The van der Waals surface area contributed by atoms with Gasteiger partial charge in [0.05, 0.1) is 24.4 Å². The molecule has 4 rings (SSSR count). The fourth-order valence-corrected chi connectivity index (χ4v) is 3.66. The molecule has 8 heteroatoms. The zero-order chi connectivity index (χ0) is 17.9. The lowest BCUT2D eigenvalue weighted by Gasteiger charge is -2.33. The van der Waals surface area contributed by atoms with E-state index in [4.69, 9.17) is 9.26 Å². The standard InChI is InChI=1S/C18H18N4O3S/c1-2-15-19-10-14(26-15)18(23)22-8-9-24-11-13(22)16-20-17(25-21-16)12-6-4-3-5-7-12/h3-7,10,13H,2,8-9,11H2,1H3/t13-/m0/s1. The molecule has 1 aliphatic heterocycles. The summed E-state index contributed by atoms with van der Waals surface area (Å²) in [5, 5.41) is 5.04. The second kappa shape index (κ2) is 7.35. The first-order chi connectivity index (χ1) is 12.8. The number of hydrogen-bond donors (Lipinski definition) is 0. The summed E-state index contributed by atoms with van der Waals surface area (Å²) in [5.74, 6) is 0.823. The molecule has 1 saturated heterocycles. The molecule has 0 radical (unpaired) electrons. The molecular formula is C18H18N4O3S. The van der Waals surface area contributed by atoms with Crippen LogP contribution in [0.3, 0.4) is 0 Å². The van der Waals surface area contributed by atoms with E-state index in [0.717, 1.165) is 17.0 Å². The van der Waals surface area contributed by atoms with Crippen LogP contribution in [0.5, 0.6) is 0 Å². The van der Waals surface area contributed by atoms with E-state index in [-0.39, 0.29) is 11.9 Å². The average Bonchev–Trinajstić information content (AvgIpc) is 3.38. The Morgan fingerprint density at radius 1 is 1.35 bits per heavy atom. The summed E-state index contributed by atoms with van der Waals surface area (Å²) in [7, 11) is 0. The van der Waals surface area contributed by atoms with Crippen LogP contribution in [0, 0.1) is 0 Å². The van der Waals surface area contributed by atoms with E-state index in [9.17, 15) is 4.79 Å². The number of ether oxygens (including phenoxy) is 1. The summed E-state index contributed by atoms with van der Waals surface area (Å²) in [4.78, 5) is 24.1. The van der Waals surface area contributed by atoms with E-state index in [2.05, 4.69) is 15.1 Å². The number of rotatable bonds is 4. The number of aryl methyl sites for hydroxylation is 1. The van der Waals surface area contributed by atoms with Gasteiger partial charge in [-0.05, 0) is 18.6 Å². The molecule has 134 valence electrons. The van der Waals surface area contributed by atoms with Gasteiger partial charge in [-0.3, -0.25) is 4.79 Å². The van der Waals surface area contributed by atoms with Crippen LogP contribution in [-0.2, 0) is 11.2 Å². The molecule has 0 saturated carbocycles. The Balaban J connectivity index is 1.60. The molecule has 1 atom stereocenters. The molecule has 1 aromatic carbocycles. The molecule has 3 heterocycles. The van der Waals surface area contributed by atoms with Gasteiger partial charge < -0.3 is 14.2 Å². The molecule has 26 heavy (non-hydrogen) atoms. The second-order valence-corrected chi connectivity index (χ2v) is 7.00. The van der Waals surface area contributed by atoms with Gasteiger partial charge in [0.25, 0.3) is 11.8 Å². The van der Waals surface area contributed by atoms with Crippen LogP contribution >= 0.6 is 11.3 Å². The lowest BCUT2D eigenvalue weighted by Crippen LogP contribution is -2.43. The minimum absolute atomic E-state index is 0.0680. The normalized spacial score (nSPS) is 17.4. The molecule has 0 bridgehead atoms. The summed E-state index contributed by atoms with van der Waals surface area (Å²) in [6, 6.07) is 9.18. The van der Waals surface area contributed by atoms with Crippen molar-refractivity contribution in [2.75, 3.05) is 19.8 Å². The minimum atomic E-state index is -0.371. The zero-order valence-electron chi connectivity index (χ0n) is 14.3. The van der Waals surface area contributed by atoms with Crippen molar-refractivity contribution >= 4 is 17.2 Å². The monoisotopic (exact) mass is 370 g/mol. The predicted molar refractivity (Wildman–Crippen MR) is 95.8 cm³/mol. The molecule has 0 aliphatic carbocycles. The predicted octanol–water partition coefficient (Wildman–Crippen LogP) is 2.97. The number of thiazole rings is 1. The van der Waals surface area contributed by atoms with Crippen LogP contribution in [0.4, 0.5) is 0 Å². The van der Waals surface area contributed by atoms with Gasteiger partial charge in [-0.25, -0.2) is 4.98 Å². The van der Waals surface area contributed by atoms with Crippen molar-refractivity contribution in [1.29, 1.82) is 0 Å². The Morgan fingerprint density at radius 3 is 2.96 bits per heavy atom. The number of benzene rings is 1. The molecule has 1 aliphatic rings. The fraction of sp³-hybridized carbons (Fsp3) is 0.333. The summed E-state index contributed by atoms with van der Waals surface area (Å²) < 4.78 is 11.0. The maximum atomic E-state index is 12.9. The molecule has 0 spiro atoms. The summed E-state index contributed by atoms with van der Waals surface area (Å²) >= 11 is 1.43. The third-order valence-electron chi connectivity index (χ3n) is 4.22. The quantitative estimate of drug-likeness (QED) is 0.702. The number of aromatic nitrogens is 3. The van der Waals surface area contributed by atoms with Gasteiger partial charge in [-0.1, -0.05) is 30.3 Å². The highest BCUT2D eigenvalue weighted by molar-refractivity contribution is 7.13. The Labute approximate surface area is 154 Å². The highest BCUT2D eigenvalue weighted by atomic mass is 32.1. The Kier molecular flexibility index (Phi) is 4.77. The average molecular weight is 370 g/mol. The molecule has 3 aromatic rings. The topological polar surface area (TPSA) is 81.4 Å². The number of morpholine rings is 1. The first-order valence-corrected chi connectivity index (χ1v) is 9.30. The lowest BCUT2D eigenvalue weighted by atomic mass is 10.2. The van der Waals surface area contributed by atoms with E-state index in [1.54, 1.807) is 11.1 Å². The largest absolute Gasteiger partial charge is 0.377 e. The molecule has 2 aromatic heterocycles. The summed E-state index contributed by atoms with van der Waals surface area (Å²) in [6.45, 7) is 3.34.